The Kier molecular flexibility index (Phi) is 4.10. The van der Waals surface area contributed by atoms with Gasteiger partial charge in [-0.25, -0.2) is 0 Å². The molecule has 0 radical (unpaired) electrons. The van der Waals surface area contributed by atoms with Crippen LogP contribution in [-0.4, -0.2) is 6.61 Å². The van der Waals surface area contributed by atoms with Crippen molar-refractivity contribution in [1.29, 1.82) is 0 Å². The van der Waals surface area contributed by atoms with Crippen molar-refractivity contribution in [3.8, 4) is 0 Å². The highest BCUT2D eigenvalue weighted by molar-refractivity contribution is 5.41. The maximum absolute atomic E-state index is 5.42. The van der Waals surface area contributed by atoms with Gasteiger partial charge in [-0.1, -0.05) is 38.2 Å². The quantitative estimate of drug-likeness (QED) is 0.550. The van der Waals surface area contributed by atoms with E-state index >= 15 is 0 Å². The van der Waals surface area contributed by atoms with E-state index in [1.54, 1.807) is 0 Å². The molecule has 0 bridgehead atoms. The molecule has 0 fully saturated rings. The van der Waals surface area contributed by atoms with Gasteiger partial charge in [0.25, 0.3) is 0 Å². The predicted octanol–water partition coefficient (Wildman–Crippen LogP) is 3.37. The first kappa shape index (κ1) is 9.85. The number of rotatable bonds is 0. The third-order valence-corrected chi connectivity index (χ3v) is 1.76. The Morgan fingerprint density at radius 1 is 1.00 bits per heavy atom. The van der Waals surface area contributed by atoms with Crippen LogP contribution in [0.4, 0.5) is 0 Å². The predicted molar refractivity (Wildman–Crippen MR) is 56.4 cm³/mol. The molecule has 0 aromatic heterocycles. The van der Waals surface area contributed by atoms with Crippen molar-refractivity contribution in [3.63, 3.8) is 0 Å². The van der Waals surface area contributed by atoms with Gasteiger partial charge < -0.3 is 4.74 Å². The SMILES string of the molecule is C1=CC2=C(C=CC1)OCC=C2.CC. The molecule has 1 heteroatoms. The fourth-order valence-corrected chi connectivity index (χ4v) is 1.21. The van der Waals surface area contributed by atoms with Crippen LogP contribution in [0.1, 0.15) is 20.3 Å². The first-order valence-electron chi connectivity index (χ1n) is 4.83. The average Bonchev–Trinajstić information content (AvgIpc) is 2.45. The maximum atomic E-state index is 5.42. The van der Waals surface area contributed by atoms with Gasteiger partial charge in [0.15, 0.2) is 0 Å². The van der Waals surface area contributed by atoms with Crippen molar-refractivity contribution in [2.45, 2.75) is 20.3 Å². The van der Waals surface area contributed by atoms with E-state index in [0.29, 0.717) is 6.61 Å². The van der Waals surface area contributed by atoms with E-state index in [1.807, 2.05) is 26.0 Å². The largest absolute Gasteiger partial charge is 0.489 e. The molecule has 1 heterocycles. The van der Waals surface area contributed by atoms with Crippen LogP contribution in [0.3, 0.4) is 0 Å². The second kappa shape index (κ2) is 5.41. The van der Waals surface area contributed by atoms with Gasteiger partial charge in [-0.3, -0.25) is 0 Å². The van der Waals surface area contributed by atoms with Gasteiger partial charge in [-0.15, -0.1) is 0 Å². The molecule has 0 atom stereocenters. The molecule has 70 valence electrons. The molecular weight excluding hydrogens is 160 g/mol. The van der Waals surface area contributed by atoms with Gasteiger partial charge in [0, 0.05) is 5.57 Å². The summed E-state index contributed by atoms with van der Waals surface area (Å²) in [6.45, 7) is 4.71. The van der Waals surface area contributed by atoms with E-state index in [0.717, 1.165) is 12.2 Å². The smallest absolute Gasteiger partial charge is 0.126 e. The van der Waals surface area contributed by atoms with Gasteiger partial charge in [0.05, 0.1) is 0 Å². The van der Waals surface area contributed by atoms with E-state index in [9.17, 15) is 0 Å². The van der Waals surface area contributed by atoms with Crippen molar-refractivity contribution >= 4 is 0 Å². The summed E-state index contributed by atoms with van der Waals surface area (Å²) in [4.78, 5) is 0. The molecule has 13 heavy (non-hydrogen) atoms. The molecule has 0 unspecified atom stereocenters. The molecule has 1 aliphatic carbocycles. The summed E-state index contributed by atoms with van der Waals surface area (Å²) < 4.78 is 5.42. The number of ether oxygens (including phenoxy) is 1. The molecule has 0 amide bonds. The Morgan fingerprint density at radius 2 is 1.69 bits per heavy atom. The number of hydrogen-bond acceptors (Lipinski definition) is 1. The average molecular weight is 176 g/mol. The minimum atomic E-state index is 0.705. The Labute approximate surface area is 80.1 Å². The lowest BCUT2D eigenvalue weighted by Crippen LogP contribution is -1.97. The minimum absolute atomic E-state index is 0.705. The van der Waals surface area contributed by atoms with Crippen molar-refractivity contribution < 1.29 is 4.74 Å². The van der Waals surface area contributed by atoms with Crippen LogP contribution in [0.5, 0.6) is 0 Å². The third kappa shape index (κ3) is 2.62. The summed E-state index contributed by atoms with van der Waals surface area (Å²) in [7, 11) is 0. The van der Waals surface area contributed by atoms with Crippen LogP contribution in [0.15, 0.2) is 47.8 Å². The van der Waals surface area contributed by atoms with Crippen LogP contribution >= 0.6 is 0 Å². The normalized spacial score (nSPS) is 18.3. The lowest BCUT2D eigenvalue weighted by Gasteiger charge is -2.10. The zero-order valence-corrected chi connectivity index (χ0v) is 8.29. The molecular formula is C12H16O. The fourth-order valence-electron chi connectivity index (χ4n) is 1.21. The van der Waals surface area contributed by atoms with Crippen molar-refractivity contribution in [3.05, 3.63) is 47.8 Å². The minimum Gasteiger partial charge on any atom is -0.489 e. The van der Waals surface area contributed by atoms with Gasteiger partial charge >= 0.3 is 0 Å². The molecule has 0 aromatic rings. The Morgan fingerprint density at radius 3 is 2.54 bits per heavy atom. The summed E-state index contributed by atoms with van der Waals surface area (Å²) >= 11 is 0. The van der Waals surface area contributed by atoms with Gasteiger partial charge in [0.1, 0.15) is 12.4 Å². The standard InChI is InChI=1S/C10H10O.C2H6/c1-2-5-9-6-4-8-11-10(9)7-3-1;1-2/h2-7H,1,8H2;1-2H3. The van der Waals surface area contributed by atoms with E-state index in [1.165, 1.54) is 5.57 Å². The lowest BCUT2D eigenvalue weighted by atomic mass is 10.2. The Balaban J connectivity index is 0.000000396. The lowest BCUT2D eigenvalue weighted by molar-refractivity contribution is 0.255. The Hall–Kier alpha value is -1.24. The first-order valence-corrected chi connectivity index (χ1v) is 4.83. The van der Waals surface area contributed by atoms with E-state index in [2.05, 4.69) is 24.3 Å². The molecule has 0 N–H and O–H groups in total. The summed E-state index contributed by atoms with van der Waals surface area (Å²) in [5, 5.41) is 0. The number of hydrogen-bond donors (Lipinski definition) is 0. The molecule has 0 saturated heterocycles. The molecule has 0 aromatic carbocycles. The van der Waals surface area contributed by atoms with Crippen LogP contribution in [-0.2, 0) is 4.74 Å². The molecule has 1 aliphatic heterocycles. The van der Waals surface area contributed by atoms with Crippen molar-refractivity contribution in [2.75, 3.05) is 6.61 Å². The molecule has 0 spiro atoms. The maximum Gasteiger partial charge on any atom is 0.126 e. The zero-order valence-electron chi connectivity index (χ0n) is 8.29. The van der Waals surface area contributed by atoms with E-state index in [4.69, 9.17) is 4.74 Å². The van der Waals surface area contributed by atoms with Crippen molar-refractivity contribution in [1.82, 2.24) is 0 Å². The summed E-state index contributed by atoms with van der Waals surface area (Å²) in [5.41, 5.74) is 1.19. The summed E-state index contributed by atoms with van der Waals surface area (Å²) in [5.74, 6) is 1.00. The topological polar surface area (TPSA) is 9.23 Å². The van der Waals surface area contributed by atoms with E-state index in [-0.39, 0.29) is 0 Å². The van der Waals surface area contributed by atoms with Crippen LogP contribution in [0, 0.1) is 0 Å². The van der Waals surface area contributed by atoms with Crippen LogP contribution < -0.4 is 0 Å². The molecule has 0 saturated carbocycles. The fraction of sp³-hybridized carbons (Fsp3) is 0.333. The van der Waals surface area contributed by atoms with Crippen LogP contribution in [0.25, 0.3) is 0 Å². The van der Waals surface area contributed by atoms with Gasteiger partial charge in [-0.2, -0.15) is 0 Å². The zero-order chi connectivity index (χ0) is 9.52. The summed E-state index contributed by atoms with van der Waals surface area (Å²) in [6.07, 6.45) is 13.5. The van der Waals surface area contributed by atoms with Crippen molar-refractivity contribution in [2.24, 2.45) is 0 Å². The highest BCUT2D eigenvalue weighted by atomic mass is 16.5. The molecule has 2 aliphatic rings. The highest BCUT2D eigenvalue weighted by Crippen LogP contribution is 2.18. The molecule has 1 nitrogen and oxygen atoms in total. The second-order valence-electron chi connectivity index (χ2n) is 2.57. The first-order chi connectivity index (χ1) is 6.47. The Bertz CT molecular complexity index is 267. The number of allylic oxidation sites excluding steroid dienone is 6. The van der Waals surface area contributed by atoms with Gasteiger partial charge in [0.2, 0.25) is 0 Å². The highest BCUT2D eigenvalue weighted by Gasteiger charge is 2.04. The molecule has 2 rings (SSSR count). The summed E-state index contributed by atoms with van der Waals surface area (Å²) in [6, 6.07) is 0. The van der Waals surface area contributed by atoms with Gasteiger partial charge in [-0.05, 0) is 18.6 Å². The monoisotopic (exact) mass is 176 g/mol. The van der Waals surface area contributed by atoms with Crippen LogP contribution in [0.2, 0.25) is 0 Å². The van der Waals surface area contributed by atoms with E-state index < -0.39 is 0 Å². The third-order valence-electron chi connectivity index (χ3n) is 1.76. The second-order valence-corrected chi connectivity index (χ2v) is 2.57.